The molecule has 0 aromatic carbocycles. The molecule has 1 aliphatic heterocycles. The number of rotatable bonds is 2. The molecule has 1 fully saturated rings. The van der Waals surface area contributed by atoms with Crippen LogP contribution in [-0.2, 0) is 0 Å². The van der Waals surface area contributed by atoms with Gasteiger partial charge in [0.05, 0.1) is 5.60 Å². The molecular weight excluding hydrogens is 238 g/mol. The molecule has 0 radical (unpaired) electrons. The summed E-state index contributed by atoms with van der Waals surface area (Å²) in [6, 6.07) is 1.76. The van der Waals surface area contributed by atoms with E-state index in [0.29, 0.717) is 11.7 Å². The van der Waals surface area contributed by atoms with Crippen LogP contribution in [0.2, 0.25) is 5.15 Å². The minimum Gasteiger partial charge on any atom is -0.388 e. The molecule has 0 saturated carbocycles. The third kappa shape index (κ3) is 2.87. The highest BCUT2D eigenvalue weighted by Crippen LogP contribution is 2.27. The second kappa shape index (κ2) is 4.42. The van der Waals surface area contributed by atoms with Gasteiger partial charge in [0.2, 0.25) is 0 Å². The summed E-state index contributed by atoms with van der Waals surface area (Å²) in [5, 5.41) is 10.4. The highest BCUT2D eigenvalue weighted by Gasteiger charge is 2.32. The van der Waals surface area contributed by atoms with Crippen LogP contribution in [0.4, 0.5) is 5.82 Å². The van der Waals surface area contributed by atoms with E-state index in [-0.39, 0.29) is 5.92 Å². The molecule has 1 N–H and O–H groups in total. The Balaban J connectivity index is 2.27. The van der Waals surface area contributed by atoms with Gasteiger partial charge in [-0.05, 0) is 13.3 Å². The highest BCUT2D eigenvalue weighted by molar-refractivity contribution is 6.29. The first kappa shape index (κ1) is 12.6. The van der Waals surface area contributed by atoms with Gasteiger partial charge in [-0.25, -0.2) is 9.97 Å². The quantitative estimate of drug-likeness (QED) is 0.824. The van der Waals surface area contributed by atoms with Gasteiger partial charge in [0, 0.05) is 25.1 Å². The lowest BCUT2D eigenvalue weighted by atomic mass is 10.1. The third-order valence-electron chi connectivity index (χ3n) is 2.99. The number of hydrogen-bond donors (Lipinski definition) is 1. The summed E-state index contributed by atoms with van der Waals surface area (Å²) in [4.78, 5) is 10.8. The Hall–Kier alpha value is -0.870. The molecule has 2 heterocycles. The molecule has 0 bridgehead atoms. The maximum Gasteiger partial charge on any atom is 0.135 e. The zero-order valence-corrected chi connectivity index (χ0v) is 11.2. The first-order chi connectivity index (χ1) is 7.87. The molecule has 1 aromatic rings. The number of hydrogen-bond acceptors (Lipinski definition) is 4. The summed E-state index contributed by atoms with van der Waals surface area (Å²) in [6.45, 7) is 7.32. The van der Waals surface area contributed by atoms with Crippen LogP contribution in [0.3, 0.4) is 0 Å². The van der Waals surface area contributed by atoms with E-state index in [1.165, 1.54) is 0 Å². The highest BCUT2D eigenvalue weighted by atomic mass is 35.5. The van der Waals surface area contributed by atoms with E-state index < -0.39 is 5.60 Å². The van der Waals surface area contributed by atoms with Gasteiger partial charge in [-0.1, -0.05) is 25.4 Å². The monoisotopic (exact) mass is 255 g/mol. The second-order valence-corrected chi connectivity index (χ2v) is 5.62. The Morgan fingerprint density at radius 3 is 2.71 bits per heavy atom. The first-order valence-corrected chi connectivity index (χ1v) is 6.27. The predicted molar refractivity (Wildman–Crippen MR) is 68.6 cm³/mol. The molecule has 0 aliphatic carbocycles. The van der Waals surface area contributed by atoms with Gasteiger partial charge in [-0.15, -0.1) is 0 Å². The van der Waals surface area contributed by atoms with Crippen molar-refractivity contribution in [2.24, 2.45) is 0 Å². The number of anilines is 1. The topological polar surface area (TPSA) is 49.2 Å². The number of aliphatic hydroxyl groups is 1. The van der Waals surface area contributed by atoms with Gasteiger partial charge in [0.1, 0.15) is 16.8 Å². The molecular formula is C12H18ClN3O. The van der Waals surface area contributed by atoms with Crippen LogP contribution in [0.25, 0.3) is 0 Å². The summed E-state index contributed by atoms with van der Waals surface area (Å²) in [7, 11) is 0. The Kier molecular flexibility index (Phi) is 3.27. The Morgan fingerprint density at radius 1 is 1.47 bits per heavy atom. The molecule has 17 heavy (non-hydrogen) atoms. The van der Waals surface area contributed by atoms with Crippen molar-refractivity contribution in [2.75, 3.05) is 18.0 Å². The smallest absolute Gasteiger partial charge is 0.135 e. The minimum absolute atomic E-state index is 0.246. The molecule has 1 unspecified atom stereocenters. The van der Waals surface area contributed by atoms with Crippen LogP contribution in [0.15, 0.2) is 6.07 Å². The minimum atomic E-state index is -0.630. The van der Waals surface area contributed by atoms with Gasteiger partial charge < -0.3 is 10.0 Å². The van der Waals surface area contributed by atoms with Crippen molar-refractivity contribution < 1.29 is 5.11 Å². The average molecular weight is 256 g/mol. The van der Waals surface area contributed by atoms with Crippen LogP contribution in [0, 0.1) is 0 Å². The summed E-state index contributed by atoms with van der Waals surface area (Å²) >= 11 is 6.00. The van der Waals surface area contributed by atoms with Gasteiger partial charge in [-0.3, -0.25) is 0 Å². The number of β-amino-alcohol motifs (C(OH)–C–C–N with tert-alkyl or cyclic N) is 1. The van der Waals surface area contributed by atoms with Crippen LogP contribution in [0.5, 0.6) is 0 Å². The summed E-state index contributed by atoms with van der Waals surface area (Å²) in [6.07, 6.45) is 0.756. The average Bonchev–Trinajstić information content (AvgIpc) is 2.58. The molecule has 1 atom stereocenters. The molecule has 0 spiro atoms. The second-order valence-electron chi connectivity index (χ2n) is 5.23. The van der Waals surface area contributed by atoms with E-state index in [1.807, 2.05) is 20.8 Å². The lowest BCUT2D eigenvalue weighted by Crippen LogP contribution is -2.30. The van der Waals surface area contributed by atoms with Crippen LogP contribution in [-0.4, -0.2) is 33.8 Å². The van der Waals surface area contributed by atoms with Gasteiger partial charge in [0.15, 0.2) is 0 Å². The zero-order chi connectivity index (χ0) is 12.6. The molecule has 94 valence electrons. The van der Waals surface area contributed by atoms with E-state index in [4.69, 9.17) is 11.6 Å². The van der Waals surface area contributed by atoms with E-state index in [0.717, 1.165) is 24.6 Å². The van der Waals surface area contributed by atoms with Crippen molar-refractivity contribution in [3.8, 4) is 0 Å². The van der Waals surface area contributed by atoms with Gasteiger partial charge >= 0.3 is 0 Å². The molecule has 1 aromatic heterocycles. The Bertz CT molecular complexity index is 420. The summed E-state index contributed by atoms with van der Waals surface area (Å²) in [5.41, 5.74) is -0.630. The maximum atomic E-state index is 9.96. The van der Waals surface area contributed by atoms with Crippen LogP contribution >= 0.6 is 11.6 Å². The molecule has 4 nitrogen and oxygen atoms in total. The Labute approximate surface area is 107 Å². The van der Waals surface area contributed by atoms with Crippen molar-refractivity contribution in [1.29, 1.82) is 0 Å². The fourth-order valence-electron chi connectivity index (χ4n) is 1.98. The molecule has 2 rings (SSSR count). The number of nitrogens with zero attached hydrogens (tertiary/aromatic N) is 3. The summed E-state index contributed by atoms with van der Waals surface area (Å²) < 4.78 is 0. The maximum absolute atomic E-state index is 9.96. The lowest BCUT2D eigenvalue weighted by Gasteiger charge is -2.20. The van der Waals surface area contributed by atoms with Crippen LogP contribution < -0.4 is 4.90 Å². The number of aromatic nitrogens is 2. The van der Waals surface area contributed by atoms with Crippen molar-refractivity contribution in [2.45, 2.75) is 38.7 Å². The van der Waals surface area contributed by atoms with E-state index >= 15 is 0 Å². The molecule has 5 heteroatoms. The van der Waals surface area contributed by atoms with E-state index in [1.54, 1.807) is 6.07 Å². The Morgan fingerprint density at radius 2 is 2.18 bits per heavy atom. The fourth-order valence-corrected chi connectivity index (χ4v) is 2.17. The molecule has 1 aliphatic rings. The van der Waals surface area contributed by atoms with Crippen molar-refractivity contribution >= 4 is 17.4 Å². The first-order valence-electron chi connectivity index (χ1n) is 5.89. The number of halogens is 1. The fraction of sp³-hybridized carbons (Fsp3) is 0.667. The van der Waals surface area contributed by atoms with Crippen molar-refractivity contribution in [1.82, 2.24) is 9.97 Å². The predicted octanol–water partition coefficient (Wildman–Crippen LogP) is 2.21. The standard InChI is InChI=1S/C12H18ClN3O/c1-8(2)11-14-9(13)6-10(15-11)16-5-4-12(3,17)7-16/h6,8,17H,4-5,7H2,1-3H3. The van der Waals surface area contributed by atoms with Crippen molar-refractivity contribution in [3.63, 3.8) is 0 Å². The van der Waals surface area contributed by atoms with E-state index in [2.05, 4.69) is 14.9 Å². The van der Waals surface area contributed by atoms with Crippen LogP contribution in [0.1, 0.15) is 38.9 Å². The van der Waals surface area contributed by atoms with Gasteiger partial charge in [0.25, 0.3) is 0 Å². The third-order valence-corrected chi connectivity index (χ3v) is 3.18. The van der Waals surface area contributed by atoms with Gasteiger partial charge in [-0.2, -0.15) is 0 Å². The zero-order valence-electron chi connectivity index (χ0n) is 10.4. The van der Waals surface area contributed by atoms with E-state index in [9.17, 15) is 5.11 Å². The largest absolute Gasteiger partial charge is 0.388 e. The molecule has 1 saturated heterocycles. The van der Waals surface area contributed by atoms with Crippen molar-refractivity contribution in [3.05, 3.63) is 17.0 Å². The molecule has 0 amide bonds. The lowest BCUT2D eigenvalue weighted by molar-refractivity contribution is 0.0839. The normalized spacial score (nSPS) is 24.7. The summed E-state index contributed by atoms with van der Waals surface area (Å²) in [5.74, 6) is 1.81. The SMILES string of the molecule is CC(C)c1nc(Cl)cc(N2CCC(C)(O)C2)n1.